The highest BCUT2D eigenvalue weighted by atomic mass is 16.5. The standard InChI is InChI=1S/C18H24O5/c1-14(2)18(21)23-13-7-5-3-4-6-12-22-16-10-8-15(9-11-16)17(19)20/h8-11H,1,3-7,12-13H2,2H3,(H,19,20). The van der Waals surface area contributed by atoms with Gasteiger partial charge >= 0.3 is 11.9 Å². The van der Waals surface area contributed by atoms with Gasteiger partial charge in [0, 0.05) is 5.57 Å². The fraction of sp³-hybridized carbons (Fsp3) is 0.444. The van der Waals surface area contributed by atoms with Crippen molar-refractivity contribution in [3.05, 3.63) is 42.0 Å². The summed E-state index contributed by atoms with van der Waals surface area (Å²) in [6, 6.07) is 6.40. The molecule has 1 rings (SSSR count). The van der Waals surface area contributed by atoms with E-state index < -0.39 is 5.97 Å². The summed E-state index contributed by atoms with van der Waals surface area (Å²) in [6.45, 7) is 6.21. The number of carboxylic acids is 1. The number of unbranched alkanes of at least 4 members (excludes halogenated alkanes) is 4. The normalized spacial score (nSPS) is 10.1. The number of benzene rings is 1. The van der Waals surface area contributed by atoms with Crippen molar-refractivity contribution in [3.63, 3.8) is 0 Å². The first-order chi connectivity index (χ1) is 11.0. The summed E-state index contributed by atoms with van der Waals surface area (Å²) >= 11 is 0. The van der Waals surface area contributed by atoms with Crippen LogP contribution in [0, 0.1) is 0 Å². The Morgan fingerprint density at radius 2 is 1.57 bits per heavy atom. The Hall–Kier alpha value is -2.30. The van der Waals surface area contributed by atoms with Gasteiger partial charge in [-0.3, -0.25) is 0 Å². The molecule has 0 aliphatic rings. The summed E-state index contributed by atoms with van der Waals surface area (Å²) in [5, 5.41) is 8.80. The number of aromatic carboxylic acids is 1. The molecule has 0 atom stereocenters. The number of rotatable bonds is 11. The minimum absolute atomic E-state index is 0.254. The van der Waals surface area contributed by atoms with Crippen LogP contribution in [-0.2, 0) is 9.53 Å². The van der Waals surface area contributed by atoms with Gasteiger partial charge < -0.3 is 14.6 Å². The molecule has 0 saturated heterocycles. The third-order valence-corrected chi connectivity index (χ3v) is 3.24. The summed E-state index contributed by atoms with van der Waals surface area (Å²) in [5.74, 6) is -0.584. The molecule has 0 aromatic heterocycles. The van der Waals surface area contributed by atoms with Gasteiger partial charge in [0.15, 0.2) is 0 Å². The molecular formula is C18H24O5. The molecule has 5 heteroatoms. The molecule has 0 saturated carbocycles. The number of ether oxygens (including phenoxy) is 2. The number of carbonyl (C=O) groups is 2. The van der Waals surface area contributed by atoms with E-state index in [1.54, 1.807) is 19.1 Å². The van der Waals surface area contributed by atoms with E-state index in [9.17, 15) is 9.59 Å². The fourth-order valence-electron chi connectivity index (χ4n) is 1.91. The van der Waals surface area contributed by atoms with Crippen molar-refractivity contribution < 1.29 is 24.2 Å². The maximum Gasteiger partial charge on any atom is 0.335 e. The molecular weight excluding hydrogens is 296 g/mol. The van der Waals surface area contributed by atoms with Crippen molar-refractivity contribution in [2.45, 2.75) is 39.0 Å². The average molecular weight is 320 g/mol. The van der Waals surface area contributed by atoms with Crippen LogP contribution in [0.15, 0.2) is 36.4 Å². The second-order valence-electron chi connectivity index (χ2n) is 5.36. The lowest BCUT2D eigenvalue weighted by molar-refractivity contribution is -0.139. The van der Waals surface area contributed by atoms with E-state index in [1.165, 1.54) is 12.1 Å². The Morgan fingerprint density at radius 1 is 1.00 bits per heavy atom. The third-order valence-electron chi connectivity index (χ3n) is 3.24. The van der Waals surface area contributed by atoms with E-state index in [-0.39, 0.29) is 11.5 Å². The van der Waals surface area contributed by atoms with Gasteiger partial charge in [0.25, 0.3) is 0 Å². The number of hydrogen-bond acceptors (Lipinski definition) is 4. The van der Waals surface area contributed by atoms with Crippen LogP contribution in [0.1, 0.15) is 49.4 Å². The maximum absolute atomic E-state index is 11.1. The molecule has 0 heterocycles. The molecule has 0 aliphatic carbocycles. The van der Waals surface area contributed by atoms with Gasteiger partial charge in [-0.05, 0) is 44.0 Å². The van der Waals surface area contributed by atoms with Gasteiger partial charge in [0.1, 0.15) is 5.75 Å². The third kappa shape index (κ3) is 8.04. The first kappa shape index (κ1) is 18.7. The van der Waals surface area contributed by atoms with Crippen LogP contribution in [-0.4, -0.2) is 30.3 Å². The molecule has 0 spiro atoms. The quantitative estimate of drug-likeness (QED) is 0.381. The van der Waals surface area contributed by atoms with Crippen LogP contribution < -0.4 is 4.74 Å². The number of hydrogen-bond donors (Lipinski definition) is 1. The van der Waals surface area contributed by atoms with Gasteiger partial charge in [-0.2, -0.15) is 0 Å². The highest BCUT2D eigenvalue weighted by Gasteiger charge is 2.03. The number of esters is 1. The zero-order valence-electron chi connectivity index (χ0n) is 13.5. The second-order valence-corrected chi connectivity index (χ2v) is 5.36. The maximum atomic E-state index is 11.1. The number of carboxylic acid groups (broad SMARTS) is 1. The van der Waals surface area contributed by atoms with Crippen molar-refractivity contribution in [2.24, 2.45) is 0 Å². The van der Waals surface area contributed by atoms with Crippen molar-refractivity contribution in [1.29, 1.82) is 0 Å². The lowest BCUT2D eigenvalue weighted by Gasteiger charge is -2.07. The summed E-state index contributed by atoms with van der Waals surface area (Å²) in [7, 11) is 0. The average Bonchev–Trinajstić information content (AvgIpc) is 2.53. The summed E-state index contributed by atoms with van der Waals surface area (Å²) in [5.41, 5.74) is 0.684. The van der Waals surface area contributed by atoms with Gasteiger partial charge in [0.05, 0.1) is 18.8 Å². The molecule has 126 valence electrons. The minimum Gasteiger partial charge on any atom is -0.494 e. The summed E-state index contributed by atoms with van der Waals surface area (Å²) < 4.78 is 10.6. The molecule has 0 bridgehead atoms. The van der Waals surface area contributed by atoms with E-state index in [1.807, 2.05) is 0 Å². The molecule has 0 aliphatic heterocycles. The topological polar surface area (TPSA) is 72.8 Å². The largest absolute Gasteiger partial charge is 0.494 e. The summed E-state index contributed by atoms with van der Waals surface area (Å²) in [6.07, 6.45) is 4.91. The van der Waals surface area contributed by atoms with Crippen LogP contribution in [0.5, 0.6) is 5.75 Å². The van der Waals surface area contributed by atoms with E-state index in [2.05, 4.69) is 6.58 Å². The lowest BCUT2D eigenvalue weighted by atomic mass is 10.1. The van der Waals surface area contributed by atoms with E-state index in [0.717, 1.165) is 32.1 Å². The van der Waals surface area contributed by atoms with Crippen molar-refractivity contribution in [3.8, 4) is 5.75 Å². The van der Waals surface area contributed by atoms with E-state index >= 15 is 0 Å². The van der Waals surface area contributed by atoms with Crippen LogP contribution in [0.2, 0.25) is 0 Å². The molecule has 0 radical (unpaired) electrons. The van der Waals surface area contributed by atoms with Crippen LogP contribution >= 0.6 is 0 Å². The first-order valence-corrected chi connectivity index (χ1v) is 7.79. The van der Waals surface area contributed by atoms with E-state index in [4.69, 9.17) is 14.6 Å². The lowest BCUT2D eigenvalue weighted by Crippen LogP contribution is -2.06. The van der Waals surface area contributed by atoms with Crippen molar-refractivity contribution in [2.75, 3.05) is 13.2 Å². The Morgan fingerprint density at radius 3 is 2.13 bits per heavy atom. The molecule has 0 amide bonds. The molecule has 5 nitrogen and oxygen atoms in total. The Balaban J connectivity index is 2.00. The number of carbonyl (C=O) groups excluding carboxylic acids is 1. The summed E-state index contributed by atoms with van der Waals surface area (Å²) in [4.78, 5) is 21.9. The first-order valence-electron chi connectivity index (χ1n) is 7.79. The molecule has 0 unspecified atom stereocenters. The Labute approximate surface area is 136 Å². The van der Waals surface area contributed by atoms with Crippen LogP contribution in [0.4, 0.5) is 0 Å². The molecule has 1 aromatic carbocycles. The predicted octanol–water partition coefficient (Wildman–Crippen LogP) is 3.83. The monoisotopic (exact) mass is 320 g/mol. The minimum atomic E-state index is -0.939. The highest BCUT2D eigenvalue weighted by molar-refractivity contribution is 5.87. The Kier molecular flexibility index (Phi) is 8.50. The molecule has 23 heavy (non-hydrogen) atoms. The second kappa shape index (κ2) is 10.4. The zero-order chi connectivity index (χ0) is 17.1. The van der Waals surface area contributed by atoms with Crippen molar-refractivity contribution in [1.82, 2.24) is 0 Å². The zero-order valence-corrected chi connectivity index (χ0v) is 13.5. The van der Waals surface area contributed by atoms with E-state index in [0.29, 0.717) is 24.5 Å². The van der Waals surface area contributed by atoms with Gasteiger partial charge in [-0.1, -0.05) is 25.8 Å². The van der Waals surface area contributed by atoms with Gasteiger partial charge in [-0.25, -0.2) is 9.59 Å². The smallest absolute Gasteiger partial charge is 0.335 e. The van der Waals surface area contributed by atoms with Gasteiger partial charge in [0.2, 0.25) is 0 Å². The van der Waals surface area contributed by atoms with Crippen molar-refractivity contribution >= 4 is 11.9 Å². The fourth-order valence-corrected chi connectivity index (χ4v) is 1.91. The van der Waals surface area contributed by atoms with Gasteiger partial charge in [-0.15, -0.1) is 0 Å². The highest BCUT2D eigenvalue weighted by Crippen LogP contribution is 2.13. The van der Waals surface area contributed by atoms with Crippen LogP contribution in [0.25, 0.3) is 0 Å². The molecule has 1 aromatic rings. The predicted molar refractivity (Wildman–Crippen MR) is 87.8 cm³/mol. The Bertz CT molecular complexity index is 519. The molecule has 0 fully saturated rings. The molecule has 1 N–H and O–H groups in total. The SMILES string of the molecule is C=C(C)C(=O)OCCCCCCCOc1ccc(C(=O)O)cc1. The van der Waals surface area contributed by atoms with Crippen LogP contribution in [0.3, 0.4) is 0 Å².